The van der Waals surface area contributed by atoms with Gasteiger partial charge < -0.3 is 9.80 Å². The lowest BCUT2D eigenvalue weighted by atomic mass is 9.33. The largest absolute Gasteiger partial charge is 0.339 e. The van der Waals surface area contributed by atoms with E-state index in [4.69, 9.17) is 23.2 Å². The number of hydrogen-bond donors (Lipinski definition) is 0. The van der Waals surface area contributed by atoms with E-state index in [1.165, 1.54) is 134 Å². The van der Waals surface area contributed by atoms with Crippen molar-refractivity contribution in [3.63, 3.8) is 0 Å². The van der Waals surface area contributed by atoms with Gasteiger partial charge in [0.15, 0.2) is 0 Å². The molecular formula is C66H95BCl2N2. The molecule has 0 spiro atoms. The van der Waals surface area contributed by atoms with Gasteiger partial charge >= 0.3 is 0 Å². The molecule has 11 rings (SSSR count). The van der Waals surface area contributed by atoms with E-state index in [2.05, 4.69) is 84.2 Å². The summed E-state index contributed by atoms with van der Waals surface area (Å²) in [5, 5.41) is 0.0365. The first-order valence-corrected chi connectivity index (χ1v) is 30.6. The summed E-state index contributed by atoms with van der Waals surface area (Å²) in [5.41, 5.74) is 6.86. The zero-order valence-electron chi connectivity index (χ0n) is 51.8. The van der Waals surface area contributed by atoms with Crippen molar-refractivity contribution in [3.05, 3.63) is 64.0 Å². The normalized spacial score (nSPS) is 32.0. The van der Waals surface area contributed by atoms with Crippen molar-refractivity contribution in [2.75, 3.05) is 9.80 Å². The lowest BCUT2D eigenvalue weighted by Crippen LogP contribution is -2.67. The molecule has 6 fully saturated rings. The van der Waals surface area contributed by atoms with Gasteiger partial charge in [0.1, 0.15) is 0 Å². The third-order valence-electron chi connectivity index (χ3n) is 21.5. The second-order valence-electron chi connectivity index (χ2n) is 28.6. The minimum Gasteiger partial charge on any atom is -0.339 e. The summed E-state index contributed by atoms with van der Waals surface area (Å²) in [4.78, 5) is 5.31. The summed E-state index contributed by atoms with van der Waals surface area (Å²) >= 11 is 14.7. The molecule has 3 aromatic rings. The van der Waals surface area contributed by atoms with E-state index in [0.717, 1.165) is 42.5 Å². The number of rotatable bonds is 6. The Bertz CT molecular complexity index is 2460. The zero-order valence-corrected chi connectivity index (χ0v) is 47.3. The van der Waals surface area contributed by atoms with E-state index in [1.807, 2.05) is 0 Å². The maximum absolute atomic E-state index is 10.4. The Labute approximate surface area is 452 Å². The monoisotopic (exact) mass is 1000 g/mol. The van der Waals surface area contributed by atoms with E-state index in [-0.39, 0.29) is 74.6 Å². The maximum atomic E-state index is 10.4. The predicted octanol–water partition coefficient (Wildman–Crippen LogP) is 18.1. The van der Waals surface area contributed by atoms with Gasteiger partial charge in [0.2, 0.25) is 0 Å². The molecule has 0 aromatic heterocycles. The Morgan fingerprint density at radius 2 is 0.761 bits per heavy atom. The van der Waals surface area contributed by atoms with E-state index < -0.39 is 6.71 Å². The molecule has 0 radical (unpaired) electrons. The molecule has 0 N–H and O–H groups in total. The fourth-order valence-electron chi connectivity index (χ4n) is 17.6. The fraction of sp³-hybridized carbons (Fsp3) is 0.727. The molecule has 71 heavy (non-hydrogen) atoms. The van der Waals surface area contributed by atoms with Gasteiger partial charge in [-0.05, 0) is 159 Å². The highest BCUT2D eigenvalue weighted by atomic mass is 35.5. The molecule has 0 amide bonds. The lowest BCUT2D eigenvalue weighted by molar-refractivity contribution is 0.0144. The van der Waals surface area contributed by atoms with Crippen molar-refractivity contribution in [1.29, 1.82) is 0 Å². The molecule has 386 valence electrons. The summed E-state index contributed by atoms with van der Waals surface area (Å²) < 4.78 is 61.0. The van der Waals surface area contributed by atoms with Crippen molar-refractivity contribution >= 4 is 69.1 Å². The highest BCUT2D eigenvalue weighted by Crippen LogP contribution is 2.59. The maximum Gasteiger partial charge on any atom is 0.252 e. The molecule has 5 heteroatoms. The first kappa shape index (κ1) is 44.1. The minimum atomic E-state index is -0.762. The Balaban J connectivity index is 1.27. The van der Waals surface area contributed by atoms with Crippen LogP contribution in [0.3, 0.4) is 0 Å². The molecule has 4 unspecified atom stereocenters. The minimum absolute atomic E-state index is 0.0111. The van der Waals surface area contributed by atoms with Gasteiger partial charge in [0.25, 0.3) is 6.71 Å². The molecule has 4 atom stereocenters. The van der Waals surface area contributed by atoms with E-state index in [9.17, 15) is 8.22 Å². The molecule has 0 saturated heterocycles. The van der Waals surface area contributed by atoms with Crippen LogP contribution in [0.5, 0.6) is 0 Å². The average Bonchev–Trinajstić information content (AvgIpc) is 3.54. The Morgan fingerprint density at radius 1 is 0.451 bits per heavy atom. The Kier molecular flexibility index (Phi) is 12.5. The molecule has 3 aromatic carbocycles. The third kappa shape index (κ3) is 9.75. The first-order valence-electron chi connectivity index (χ1n) is 32.8. The van der Waals surface area contributed by atoms with Crippen LogP contribution >= 0.6 is 23.2 Å². The number of fused-ring (bicyclic) bond motifs is 4. The number of hydrogen-bond acceptors (Lipinski definition) is 2. The number of anilines is 4. The highest BCUT2D eigenvalue weighted by molar-refractivity contribution is 7.00. The average molecular weight is 1000 g/mol. The molecule has 0 bridgehead atoms. The molecule has 6 saturated carbocycles. The van der Waals surface area contributed by atoms with Crippen molar-refractivity contribution in [3.8, 4) is 0 Å². The standard InChI is InChI=1S/C66H95BCl2N2/c1-64(2,3)46-34-51(42-22-14-10-15-23-42)62(52(35-46)43-24-16-11-17-25-43)70-57-40-49(68)30-32-55(57)67-56-33-31-50(69)41-58(56)71(60-39-48(66(7,8)9)38-59(70)61(60)67)63-53(44-26-18-12-19-27-44)36-47(65(4,5)6)37-54(63)45-28-20-13-21-29-45/h30-33,38-47,51-54,62-63H,10-29,34-37H2,1-9H3/i30D,31D,32D,33D,40D,41D. The van der Waals surface area contributed by atoms with Gasteiger partial charge in [-0.1, -0.05) is 226 Å². The van der Waals surface area contributed by atoms with Crippen LogP contribution in [0.4, 0.5) is 22.7 Å². The van der Waals surface area contributed by atoms with E-state index in [0.29, 0.717) is 81.5 Å². The number of benzene rings is 3. The smallest absolute Gasteiger partial charge is 0.252 e. The van der Waals surface area contributed by atoms with Crippen LogP contribution in [0, 0.1) is 70.0 Å². The quantitative estimate of drug-likeness (QED) is 0.227. The highest BCUT2D eigenvalue weighted by Gasteiger charge is 2.56. The van der Waals surface area contributed by atoms with Gasteiger partial charge in [0.05, 0.1) is 8.22 Å². The van der Waals surface area contributed by atoms with Crippen molar-refractivity contribution in [2.24, 2.45) is 70.0 Å². The summed E-state index contributed by atoms with van der Waals surface area (Å²) in [6.45, 7) is 21.2. The van der Waals surface area contributed by atoms with E-state index in [1.54, 1.807) is 0 Å². The second kappa shape index (κ2) is 20.1. The van der Waals surface area contributed by atoms with Gasteiger partial charge in [-0.3, -0.25) is 0 Å². The van der Waals surface area contributed by atoms with E-state index >= 15 is 0 Å². The zero-order chi connectivity index (χ0) is 54.8. The second-order valence-corrected chi connectivity index (χ2v) is 29.3. The SMILES string of the molecule is [2H]c1c([2H])c2c(c([2H])c1Cl)N(C1C(C3CCCCC3)CC(C(C)(C)C)CC1C1CCCCC1)c1cc(C(C)(C)C)cc3c1B2c1c([2H])c([2H])c(Cl)c([2H])c1N3C1C(C2CCCCC2)CC(C(C)(C)C)CC1C1CCCCC1. The number of nitrogens with zero attached hydrogens (tertiary/aromatic N) is 2. The van der Waals surface area contributed by atoms with Crippen molar-refractivity contribution in [1.82, 2.24) is 0 Å². The lowest BCUT2D eigenvalue weighted by Gasteiger charge is -2.59. The molecule has 6 aliphatic carbocycles. The summed E-state index contributed by atoms with van der Waals surface area (Å²) in [6, 6.07) is 4.98. The van der Waals surface area contributed by atoms with Gasteiger partial charge in [-0.25, -0.2) is 0 Å². The molecule has 2 aliphatic heterocycles. The van der Waals surface area contributed by atoms with Crippen molar-refractivity contribution in [2.45, 2.75) is 234 Å². The summed E-state index contributed by atoms with van der Waals surface area (Å²) in [7, 11) is 0. The summed E-state index contributed by atoms with van der Waals surface area (Å²) in [5.74, 6) is 4.61. The van der Waals surface area contributed by atoms with Crippen LogP contribution in [0.15, 0.2) is 48.4 Å². The molecule has 2 nitrogen and oxygen atoms in total. The van der Waals surface area contributed by atoms with Crippen LogP contribution in [-0.4, -0.2) is 18.8 Å². The van der Waals surface area contributed by atoms with Gasteiger partial charge in [-0.2, -0.15) is 0 Å². The Hall–Kier alpha value is -2.10. The van der Waals surface area contributed by atoms with Gasteiger partial charge in [-0.15, -0.1) is 0 Å². The summed E-state index contributed by atoms with van der Waals surface area (Å²) in [6.07, 6.45) is 29.3. The molecule has 8 aliphatic rings. The van der Waals surface area contributed by atoms with Crippen LogP contribution < -0.4 is 26.2 Å². The van der Waals surface area contributed by atoms with Crippen LogP contribution in [0.2, 0.25) is 10.0 Å². The van der Waals surface area contributed by atoms with Crippen LogP contribution in [-0.2, 0) is 5.41 Å². The number of halogens is 2. The topological polar surface area (TPSA) is 6.48 Å². The van der Waals surface area contributed by atoms with Crippen molar-refractivity contribution < 1.29 is 8.22 Å². The molecular weight excluding hydrogens is 902 g/mol. The van der Waals surface area contributed by atoms with Crippen LogP contribution in [0.25, 0.3) is 0 Å². The predicted molar refractivity (Wildman–Crippen MR) is 309 cm³/mol. The first-order chi connectivity index (χ1) is 36.5. The van der Waals surface area contributed by atoms with Gasteiger partial charge in [0, 0.05) is 44.9 Å². The third-order valence-corrected chi connectivity index (χ3v) is 21.9. The Morgan fingerprint density at radius 3 is 1.04 bits per heavy atom. The fourth-order valence-corrected chi connectivity index (χ4v) is 17.9. The molecule has 2 heterocycles. The van der Waals surface area contributed by atoms with Crippen LogP contribution in [0.1, 0.15) is 230 Å².